The van der Waals surface area contributed by atoms with Crippen molar-refractivity contribution < 1.29 is 9.53 Å². The summed E-state index contributed by atoms with van der Waals surface area (Å²) in [6.07, 6.45) is 2.29. The lowest BCUT2D eigenvalue weighted by Crippen LogP contribution is -2.40. The highest BCUT2D eigenvalue weighted by Crippen LogP contribution is 2.18. The van der Waals surface area contributed by atoms with Gasteiger partial charge in [-0.2, -0.15) is 0 Å². The van der Waals surface area contributed by atoms with Crippen LogP contribution in [0, 0.1) is 6.92 Å². The number of aromatic nitrogens is 2. The molecule has 0 bridgehead atoms. The monoisotopic (exact) mass is 278 g/mol. The van der Waals surface area contributed by atoms with E-state index in [0.29, 0.717) is 0 Å². The summed E-state index contributed by atoms with van der Waals surface area (Å²) in [4.78, 5) is 22.4. The fourth-order valence-corrected chi connectivity index (χ4v) is 2.18. The number of carbonyl (C=O) groups excluding carboxylic acids is 1. The van der Waals surface area contributed by atoms with Crippen LogP contribution in [-0.4, -0.2) is 40.8 Å². The molecule has 1 aliphatic heterocycles. The number of nitrogens with one attached hydrogen (secondary N) is 1. The minimum atomic E-state index is -0.466. The second kappa shape index (κ2) is 5.64. The number of aryl methyl sites for hydroxylation is 1. The van der Waals surface area contributed by atoms with Gasteiger partial charge in [-0.05, 0) is 40.2 Å². The van der Waals surface area contributed by atoms with Gasteiger partial charge in [0.25, 0.3) is 0 Å². The van der Waals surface area contributed by atoms with Gasteiger partial charge in [-0.25, -0.2) is 14.8 Å². The zero-order valence-corrected chi connectivity index (χ0v) is 12.5. The number of hydrogen-bond acceptors (Lipinski definition) is 5. The fourth-order valence-electron chi connectivity index (χ4n) is 2.18. The molecule has 0 radical (unpaired) electrons. The number of nitrogens with zero attached hydrogens (tertiary/aromatic N) is 3. The summed E-state index contributed by atoms with van der Waals surface area (Å²) in [6, 6.07) is 1.99. The van der Waals surface area contributed by atoms with Crippen LogP contribution in [0.4, 0.5) is 10.6 Å². The Morgan fingerprint density at radius 1 is 1.50 bits per heavy atom. The van der Waals surface area contributed by atoms with Crippen molar-refractivity contribution in [1.29, 1.82) is 0 Å². The predicted octanol–water partition coefficient (Wildman–Crippen LogP) is 1.89. The van der Waals surface area contributed by atoms with Crippen molar-refractivity contribution in [2.75, 3.05) is 18.0 Å². The molecule has 6 heteroatoms. The van der Waals surface area contributed by atoms with E-state index in [0.717, 1.165) is 31.2 Å². The van der Waals surface area contributed by atoms with Crippen LogP contribution in [0.1, 0.15) is 33.0 Å². The van der Waals surface area contributed by atoms with Gasteiger partial charge in [0, 0.05) is 19.3 Å². The third-order valence-electron chi connectivity index (χ3n) is 2.99. The summed E-state index contributed by atoms with van der Waals surface area (Å²) in [5, 5.41) is 2.90. The van der Waals surface area contributed by atoms with E-state index in [4.69, 9.17) is 4.74 Å². The number of rotatable bonds is 2. The van der Waals surface area contributed by atoms with Crippen molar-refractivity contribution >= 4 is 11.9 Å². The van der Waals surface area contributed by atoms with Crippen molar-refractivity contribution in [2.24, 2.45) is 0 Å². The molecule has 1 aromatic heterocycles. The van der Waals surface area contributed by atoms with Gasteiger partial charge in [0.05, 0.1) is 6.04 Å². The average Bonchev–Trinajstić information content (AvgIpc) is 2.74. The van der Waals surface area contributed by atoms with E-state index in [1.54, 1.807) is 6.20 Å². The van der Waals surface area contributed by atoms with Gasteiger partial charge in [-0.15, -0.1) is 0 Å². The van der Waals surface area contributed by atoms with Crippen molar-refractivity contribution in [2.45, 2.75) is 45.8 Å². The lowest BCUT2D eigenvalue weighted by atomic mass is 10.2. The van der Waals surface area contributed by atoms with E-state index in [1.807, 2.05) is 33.8 Å². The quantitative estimate of drug-likeness (QED) is 0.894. The Hall–Kier alpha value is -1.85. The van der Waals surface area contributed by atoms with E-state index in [9.17, 15) is 4.79 Å². The predicted molar refractivity (Wildman–Crippen MR) is 76.8 cm³/mol. The second-order valence-electron chi connectivity index (χ2n) is 6.04. The Labute approximate surface area is 119 Å². The highest BCUT2D eigenvalue weighted by Gasteiger charge is 2.26. The molecule has 1 saturated heterocycles. The molecule has 20 heavy (non-hydrogen) atoms. The van der Waals surface area contributed by atoms with Crippen LogP contribution < -0.4 is 10.2 Å². The number of ether oxygens (including phenoxy) is 1. The summed E-state index contributed by atoms with van der Waals surface area (Å²) in [6.45, 7) is 9.06. The van der Waals surface area contributed by atoms with Crippen molar-refractivity contribution in [3.05, 3.63) is 18.1 Å². The molecule has 0 spiro atoms. The Kier molecular flexibility index (Phi) is 4.11. The first-order valence-electron chi connectivity index (χ1n) is 6.87. The van der Waals surface area contributed by atoms with Crippen LogP contribution in [0.25, 0.3) is 0 Å². The maximum absolute atomic E-state index is 11.7. The standard InChI is InChI=1S/C14H22N4O2/c1-10-15-7-5-12(16-10)18-8-6-11(9-18)17-13(19)20-14(2,3)4/h5,7,11H,6,8-9H2,1-4H3,(H,17,19)/t11-/m0/s1. The first-order chi connectivity index (χ1) is 9.33. The molecule has 110 valence electrons. The summed E-state index contributed by atoms with van der Waals surface area (Å²) in [5.74, 6) is 1.66. The van der Waals surface area contributed by atoms with Crippen molar-refractivity contribution in [3.63, 3.8) is 0 Å². The maximum atomic E-state index is 11.7. The molecule has 1 aromatic rings. The Morgan fingerprint density at radius 3 is 2.90 bits per heavy atom. The van der Waals surface area contributed by atoms with Crippen molar-refractivity contribution in [3.8, 4) is 0 Å². The molecule has 2 rings (SSSR count). The first kappa shape index (κ1) is 14.6. The van der Waals surface area contributed by atoms with E-state index < -0.39 is 5.60 Å². The summed E-state index contributed by atoms with van der Waals surface area (Å²) < 4.78 is 5.27. The molecule has 2 heterocycles. The van der Waals surface area contributed by atoms with E-state index in [-0.39, 0.29) is 12.1 Å². The molecule has 0 unspecified atom stereocenters. The van der Waals surface area contributed by atoms with Crippen LogP contribution in [0.2, 0.25) is 0 Å². The van der Waals surface area contributed by atoms with E-state index in [2.05, 4.69) is 20.2 Å². The average molecular weight is 278 g/mol. The van der Waals surface area contributed by atoms with Gasteiger partial charge in [-0.3, -0.25) is 0 Å². The highest BCUT2D eigenvalue weighted by molar-refractivity contribution is 5.68. The topological polar surface area (TPSA) is 67.4 Å². The smallest absolute Gasteiger partial charge is 0.407 e. The molecule has 1 amide bonds. The number of carbonyl (C=O) groups is 1. The molecular formula is C14H22N4O2. The normalized spacial score (nSPS) is 19.0. The third kappa shape index (κ3) is 4.08. The van der Waals surface area contributed by atoms with Gasteiger partial charge in [0.15, 0.2) is 0 Å². The maximum Gasteiger partial charge on any atom is 0.407 e. The van der Waals surface area contributed by atoms with Gasteiger partial charge in [-0.1, -0.05) is 0 Å². The van der Waals surface area contributed by atoms with Gasteiger partial charge >= 0.3 is 6.09 Å². The van der Waals surface area contributed by atoms with Gasteiger partial charge in [0.1, 0.15) is 17.2 Å². The van der Waals surface area contributed by atoms with E-state index in [1.165, 1.54) is 0 Å². The molecule has 1 N–H and O–H groups in total. The summed E-state index contributed by atoms with van der Waals surface area (Å²) in [7, 11) is 0. The molecule has 0 aromatic carbocycles. The molecule has 0 aliphatic carbocycles. The largest absolute Gasteiger partial charge is 0.444 e. The van der Waals surface area contributed by atoms with Gasteiger partial charge < -0.3 is 15.0 Å². The minimum Gasteiger partial charge on any atom is -0.444 e. The number of alkyl carbamates (subject to hydrolysis) is 1. The Morgan fingerprint density at radius 2 is 2.25 bits per heavy atom. The Bertz CT molecular complexity index is 484. The fraction of sp³-hybridized carbons (Fsp3) is 0.643. The van der Waals surface area contributed by atoms with E-state index >= 15 is 0 Å². The zero-order valence-electron chi connectivity index (χ0n) is 12.5. The SMILES string of the molecule is Cc1nccc(N2CC[C@H](NC(=O)OC(C)(C)C)C2)n1. The van der Waals surface area contributed by atoms with Crippen LogP contribution in [0.15, 0.2) is 12.3 Å². The third-order valence-corrected chi connectivity index (χ3v) is 2.99. The second-order valence-corrected chi connectivity index (χ2v) is 6.04. The molecule has 6 nitrogen and oxygen atoms in total. The summed E-state index contributed by atoms with van der Waals surface area (Å²) >= 11 is 0. The molecule has 1 fully saturated rings. The zero-order chi connectivity index (χ0) is 14.8. The number of anilines is 1. The van der Waals surface area contributed by atoms with Crippen LogP contribution in [-0.2, 0) is 4.74 Å². The Balaban J connectivity index is 1.88. The van der Waals surface area contributed by atoms with Crippen LogP contribution >= 0.6 is 0 Å². The van der Waals surface area contributed by atoms with Gasteiger partial charge in [0.2, 0.25) is 0 Å². The van der Waals surface area contributed by atoms with Crippen LogP contribution in [0.3, 0.4) is 0 Å². The highest BCUT2D eigenvalue weighted by atomic mass is 16.6. The van der Waals surface area contributed by atoms with Crippen molar-refractivity contribution in [1.82, 2.24) is 15.3 Å². The molecule has 1 aliphatic rings. The summed E-state index contributed by atoms with van der Waals surface area (Å²) in [5.41, 5.74) is -0.466. The lowest BCUT2D eigenvalue weighted by molar-refractivity contribution is 0.0509. The lowest BCUT2D eigenvalue weighted by Gasteiger charge is -2.22. The van der Waals surface area contributed by atoms with Crippen LogP contribution in [0.5, 0.6) is 0 Å². The minimum absolute atomic E-state index is 0.0973. The number of hydrogen-bond donors (Lipinski definition) is 1. The number of amides is 1. The molecule has 0 saturated carbocycles. The first-order valence-corrected chi connectivity index (χ1v) is 6.87. The molecule has 1 atom stereocenters. The molecular weight excluding hydrogens is 256 g/mol.